The molecule has 1 aromatic heterocycles. The molecule has 0 aliphatic heterocycles. The molecule has 1 aromatic rings. The highest BCUT2D eigenvalue weighted by atomic mass is 16.3. The van der Waals surface area contributed by atoms with Crippen molar-refractivity contribution in [3.63, 3.8) is 0 Å². The maximum atomic E-state index is 11.6. The van der Waals surface area contributed by atoms with Gasteiger partial charge in [-0.15, -0.1) is 0 Å². The van der Waals surface area contributed by atoms with E-state index in [0.717, 1.165) is 5.56 Å². The Morgan fingerprint density at radius 2 is 2.15 bits per heavy atom. The molecule has 0 spiro atoms. The van der Waals surface area contributed by atoms with Crippen LogP contribution in [0.3, 0.4) is 0 Å². The summed E-state index contributed by atoms with van der Waals surface area (Å²) in [4.78, 5) is 15.4. The van der Waals surface area contributed by atoms with E-state index < -0.39 is 5.60 Å². The smallest absolute Gasteiger partial charge is 0.195 e. The molecule has 0 radical (unpaired) electrons. The van der Waals surface area contributed by atoms with Crippen LogP contribution < -0.4 is 0 Å². The second kappa shape index (κ2) is 3.26. The highest BCUT2D eigenvalue weighted by Crippen LogP contribution is 2.14. The van der Waals surface area contributed by atoms with Gasteiger partial charge in [-0.05, 0) is 32.4 Å². The fourth-order valence-corrected chi connectivity index (χ4v) is 1.03. The fraction of sp³-hybridized carbons (Fsp3) is 0.400. The Bertz CT molecular complexity index is 326. The SMILES string of the molecule is Cc1ccncc1C(=O)C(C)(C)O. The van der Waals surface area contributed by atoms with Gasteiger partial charge in [-0.2, -0.15) is 0 Å². The largest absolute Gasteiger partial charge is 0.382 e. The number of aromatic nitrogens is 1. The number of ketones is 1. The maximum absolute atomic E-state index is 11.6. The molecule has 13 heavy (non-hydrogen) atoms. The van der Waals surface area contributed by atoms with Crippen molar-refractivity contribution in [3.8, 4) is 0 Å². The molecule has 0 aliphatic rings. The third kappa shape index (κ3) is 2.12. The number of Topliss-reactive ketones (excluding diaryl/α,β-unsaturated/α-hetero) is 1. The third-order valence-corrected chi connectivity index (χ3v) is 1.84. The van der Waals surface area contributed by atoms with Crippen molar-refractivity contribution < 1.29 is 9.90 Å². The van der Waals surface area contributed by atoms with Crippen molar-refractivity contribution in [1.29, 1.82) is 0 Å². The molecular formula is C10H13NO2. The maximum Gasteiger partial charge on any atom is 0.195 e. The van der Waals surface area contributed by atoms with Crippen LogP contribution in [0, 0.1) is 6.92 Å². The molecule has 0 saturated carbocycles. The summed E-state index contributed by atoms with van der Waals surface area (Å²) in [5.41, 5.74) is -0.00882. The number of nitrogens with zero attached hydrogens (tertiary/aromatic N) is 1. The fourth-order valence-electron chi connectivity index (χ4n) is 1.03. The van der Waals surface area contributed by atoms with Gasteiger partial charge in [-0.1, -0.05) is 0 Å². The summed E-state index contributed by atoms with van der Waals surface area (Å²) < 4.78 is 0. The summed E-state index contributed by atoms with van der Waals surface area (Å²) in [7, 11) is 0. The van der Waals surface area contributed by atoms with Crippen molar-refractivity contribution in [2.24, 2.45) is 0 Å². The Labute approximate surface area is 77.4 Å². The van der Waals surface area contributed by atoms with Gasteiger partial charge >= 0.3 is 0 Å². The van der Waals surface area contributed by atoms with Crippen LogP contribution >= 0.6 is 0 Å². The molecule has 0 saturated heterocycles. The highest BCUT2D eigenvalue weighted by molar-refractivity contribution is 6.02. The first kappa shape index (κ1) is 9.86. The molecule has 3 nitrogen and oxygen atoms in total. The first-order valence-corrected chi connectivity index (χ1v) is 4.10. The van der Waals surface area contributed by atoms with Gasteiger partial charge in [-0.25, -0.2) is 0 Å². The van der Waals surface area contributed by atoms with Crippen LogP contribution in [0.1, 0.15) is 29.8 Å². The molecule has 0 amide bonds. The molecule has 0 unspecified atom stereocenters. The summed E-state index contributed by atoms with van der Waals surface area (Å²) in [6.45, 7) is 4.77. The zero-order valence-electron chi connectivity index (χ0n) is 8.03. The Kier molecular flexibility index (Phi) is 2.48. The number of aliphatic hydroxyl groups is 1. The van der Waals surface area contributed by atoms with Crippen LogP contribution in [0.15, 0.2) is 18.5 Å². The minimum atomic E-state index is -1.33. The van der Waals surface area contributed by atoms with Gasteiger partial charge in [0.2, 0.25) is 0 Å². The van der Waals surface area contributed by atoms with Gasteiger partial charge in [0.1, 0.15) is 5.60 Å². The van der Waals surface area contributed by atoms with E-state index in [0.29, 0.717) is 5.56 Å². The summed E-state index contributed by atoms with van der Waals surface area (Å²) in [5, 5.41) is 9.49. The summed E-state index contributed by atoms with van der Waals surface area (Å²) >= 11 is 0. The predicted molar refractivity (Wildman–Crippen MR) is 49.6 cm³/mol. The zero-order valence-corrected chi connectivity index (χ0v) is 8.03. The number of carbonyl (C=O) groups excluding carboxylic acids is 1. The number of pyridine rings is 1. The average molecular weight is 179 g/mol. The quantitative estimate of drug-likeness (QED) is 0.697. The molecule has 0 aliphatic carbocycles. The van der Waals surface area contributed by atoms with Crippen molar-refractivity contribution in [2.75, 3.05) is 0 Å². The summed E-state index contributed by atoms with van der Waals surface area (Å²) in [6.07, 6.45) is 3.10. The average Bonchev–Trinajstić information content (AvgIpc) is 2.02. The second-order valence-electron chi connectivity index (χ2n) is 3.58. The van der Waals surface area contributed by atoms with Crippen molar-refractivity contribution >= 4 is 5.78 Å². The van der Waals surface area contributed by atoms with Crippen LogP contribution in [0.5, 0.6) is 0 Å². The molecule has 0 bridgehead atoms. The standard InChI is InChI=1S/C10H13NO2/c1-7-4-5-11-6-8(7)9(12)10(2,3)13/h4-6,13H,1-3H3. The minimum Gasteiger partial charge on any atom is -0.382 e. The molecule has 0 fully saturated rings. The normalized spacial score (nSPS) is 11.4. The highest BCUT2D eigenvalue weighted by Gasteiger charge is 2.26. The third-order valence-electron chi connectivity index (χ3n) is 1.84. The Morgan fingerprint density at radius 1 is 1.54 bits per heavy atom. The molecular weight excluding hydrogens is 166 g/mol. The van der Waals surface area contributed by atoms with E-state index in [9.17, 15) is 9.90 Å². The van der Waals surface area contributed by atoms with Gasteiger partial charge < -0.3 is 5.11 Å². The second-order valence-corrected chi connectivity index (χ2v) is 3.58. The van der Waals surface area contributed by atoms with E-state index in [1.165, 1.54) is 20.0 Å². The Balaban J connectivity index is 3.10. The van der Waals surface area contributed by atoms with Crippen molar-refractivity contribution in [1.82, 2.24) is 4.98 Å². The monoisotopic (exact) mass is 179 g/mol. The summed E-state index contributed by atoms with van der Waals surface area (Å²) in [6, 6.07) is 1.75. The molecule has 0 aromatic carbocycles. The van der Waals surface area contributed by atoms with Crippen LogP contribution in [0.25, 0.3) is 0 Å². The topological polar surface area (TPSA) is 50.2 Å². The molecule has 3 heteroatoms. The van der Waals surface area contributed by atoms with E-state index in [1.54, 1.807) is 12.3 Å². The van der Waals surface area contributed by atoms with Crippen molar-refractivity contribution in [2.45, 2.75) is 26.4 Å². The molecule has 70 valence electrons. The van der Waals surface area contributed by atoms with E-state index in [1.807, 2.05) is 6.92 Å². The Hall–Kier alpha value is -1.22. The molecule has 1 N–H and O–H groups in total. The number of aryl methyl sites for hydroxylation is 1. The van der Waals surface area contributed by atoms with Gasteiger partial charge in [-0.3, -0.25) is 9.78 Å². The van der Waals surface area contributed by atoms with Crippen molar-refractivity contribution in [3.05, 3.63) is 29.6 Å². The van der Waals surface area contributed by atoms with Gasteiger partial charge in [0.25, 0.3) is 0 Å². The lowest BCUT2D eigenvalue weighted by Crippen LogP contribution is -2.31. The van der Waals surface area contributed by atoms with E-state index in [-0.39, 0.29) is 5.78 Å². The number of carbonyl (C=O) groups is 1. The number of hydrogen-bond acceptors (Lipinski definition) is 3. The lowest BCUT2D eigenvalue weighted by Gasteiger charge is -2.16. The van der Waals surface area contributed by atoms with E-state index in [2.05, 4.69) is 4.98 Å². The van der Waals surface area contributed by atoms with Gasteiger partial charge in [0, 0.05) is 18.0 Å². The van der Waals surface area contributed by atoms with Gasteiger partial charge in [0.05, 0.1) is 0 Å². The van der Waals surface area contributed by atoms with E-state index >= 15 is 0 Å². The summed E-state index contributed by atoms with van der Waals surface area (Å²) in [5.74, 6) is -0.293. The molecule has 1 heterocycles. The van der Waals surface area contributed by atoms with E-state index in [4.69, 9.17) is 0 Å². The minimum absolute atomic E-state index is 0.293. The first-order chi connectivity index (χ1) is 5.93. The number of rotatable bonds is 2. The van der Waals surface area contributed by atoms with Crippen LogP contribution in [-0.2, 0) is 0 Å². The lowest BCUT2D eigenvalue weighted by molar-refractivity contribution is 0.0487. The predicted octanol–water partition coefficient (Wildman–Crippen LogP) is 1.34. The zero-order chi connectivity index (χ0) is 10.1. The molecule has 0 atom stereocenters. The van der Waals surface area contributed by atoms with Crippen LogP contribution in [-0.4, -0.2) is 21.5 Å². The number of hydrogen-bond donors (Lipinski definition) is 1. The first-order valence-electron chi connectivity index (χ1n) is 4.10. The van der Waals surface area contributed by atoms with Crippen LogP contribution in [0.4, 0.5) is 0 Å². The van der Waals surface area contributed by atoms with Gasteiger partial charge in [0.15, 0.2) is 5.78 Å². The molecule has 1 rings (SSSR count). The van der Waals surface area contributed by atoms with Crippen LogP contribution in [0.2, 0.25) is 0 Å². The Morgan fingerprint density at radius 3 is 2.62 bits per heavy atom. The lowest BCUT2D eigenvalue weighted by atomic mass is 9.95.